The minimum Gasteiger partial charge on any atom is -0.263 e. The van der Waals surface area contributed by atoms with Gasteiger partial charge in [0.1, 0.15) is 0 Å². The molecular formula is C16H16ClNO2S. The topological polar surface area (TPSA) is 37.4 Å². The van der Waals surface area contributed by atoms with Crippen LogP contribution in [0.1, 0.15) is 18.9 Å². The smallest absolute Gasteiger partial charge is 0.263 e. The van der Waals surface area contributed by atoms with Crippen LogP contribution in [0.5, 0.6) is 0 Å². The van der Waals surface area contributed by atoms with E-state index >= 15 is 0 Å². The summed E-state index contributed by atoms with van der Waals surface area (Å²) in [6.45, 7) is 1.94. The Hall–Kier alpha value is -1.52. The summed E-state index contributed by atoms with van der Waals surface area (Å²) < 4.78 is 27.5. The van der Waals surface area contributed by atoms with Gasteiger partial charge in [0.15, 0.2) is 0 Å². The summed E-state index contributed by atoms with van der Waals surface area (Å²) in [6, 6.07) is 14.0. The quantitative estimate of drug-likeness (QED) is 0.842. The Morgan fingerprint density at radius 1 is 1.14 bits per heavy atom. The van der Waals surface area contributed by atoms with Gasteiger partial charge < -0.3 is 0 Å². The van der Waals surface area contributed by atoms with E-state index in [0.717, 1.165) is 24.1 Å². The van der Waals surface area contributed by atoms with E-state index in [0.29, 0.717) is 5.02 Å². The molecule has 0 saturated carbocycles. The molecule has 0 bridgehead atoms. The molecule has 0 unspecified atom stereocenters. The summed E-state index contributed by atoms with van der Waals surface area (Å²) >= 11 is 5.94. The van der Waals surface area contributed by atoms with Crippen LogP contribution in [0.25, 0.3) is 0 Å². The number of para-hydroxylation sites is 1. The molecule has 1 heterocycles. The maximum absolute atomic E-state index is 13.0. The van der Waals surface area contributed by atoms with E-state index in [1.165, 1.54) is 10.4 Å². The van der Waals surface area contributed by atoms with E-state index in [2.05, 4.69) is 0 Å². The van der Waals surface area contributed by atoms with Gasteiger partial charge in [-0.1, -0.05) is 35.9 Å². The van der Waals surface area contributed by atoms with Crippen molar-refractivity contribution in [2.45, 2.75) is 30.7 Å². The summed E-state index contributed by atoms with van der Waals surface area (Å²) in [4.78, 5) is 0.235. The van der Waals surface area contributed by atoms with Gasteiger partial charge in [-0.2, -0.15) is 0 Å². The zero-order chi connectivity index (χ0) is 15.0. The molecule has 2 aromatic carbocycles. The third kappa shape index (κ3) is 2.54. The molecule has 0 aromatic heterocycles. The van der Waals surface area contributed by atoms with Crippen molar-refractivity contribution in [2.75, 3.05) is 4.31 Å². The van der Waals surface area contributed by atoms with Crippen LogP contribution in [0.2, 0.25) is 5.02 Å². The minimum absolute atomic E-state index is 0.0659. The number of rotatable bonds is 2. The second-order valence-electron chi connectivity index (χ2n) is 5.27. The summed E-state index contributed by atoms with van der Waals surface area (Å²) in [5.74, 6) is 0. The van der Waals surface area contributed by atoms with E-state index in [9.17, 15) is 8.42 Å². The van der Waals surface area contributed by atoms with Crippen molar-refractivity contribution in [3.8, 4) is 0 Å². The Bertz CT molecular complexity index is 773. The van der Waals surface area contributed by atoms with E-state index in [4.69, 9.17) is 11.6 Å². The molecule has 1 atom stereocenters. The summed E-state index contributed by atoms with van der Waals surface area (Å²) in [5, 5.41) is 0.425. The number of nitrogens with zero attached hydrogens (tertiary/aromatic N) is 1. The maximum Gasteiger partial charge on any atom is 0.264 e. The van der Waals surface area contributed by atoms with Crippen LogP contribution in [0.3, 0.4) is 0 Å². The number of sulfonamides is 1. The fraction of sp³-hybridized carbons (Fsp3) is 0.250. The fourth-order valence-electron chi connectivity index (χ4n) is 2.76. The fourth-order valence-corrected chi connectivity index (χ4v) is 4.79. The van der Waals surface area contributed by atoms with Gasteiger partial charge in [-0.15, -0.1) is 0 Å². The number of benzene rings is 2. The molecule has 0 radical (unpaired) electrons. The monoisotopic (exact) mass is 321 g/mol. The van der Waals surface area contributed by atoms with Crippen molar-refractivity contribution in [3.05, 3.63) is 59.1 Å². The molecule has 0 fully saturated rings. The SMILES string of the molecule is C[C@H]1CCc2ccccc2N1S(=O)(=O)c1cccc(Cl)c1. The molecular weight excluding hydrogens is 306 g/mol. The van der Waals surface area contributed by atoms with Gasteiger partial charge in [-0.3, -0.25) is 4.31 Å². The number of hydrogen-bond acceptors (Lipinski definition) is 2. The maximum atomic E-state index is 13.0. The molecule has 3 rings (SSSR count). The zero-order valence-corrected chi connectivity index (χ0v) is 13.2. The Morgan fingerprint density at radius 3 is 2.67 bits per heavy atom. The minimum atomic E-state index is -3.60. The van der Waals surface area contributed by atoms with E-state index < -0.39 is 10.0 Å². The molecule has 0 saturated heterocycles. The number of aryl methyl sites for hydroxylation is 1. The Balaban J connectivity index is 2.15. The second-order valence-corrected chi connectivity index (χ2v) is 7.53. The molecule has 3 nitrogen and oxygen atoms in total. The van der Waals surface area contributed by atoms with Crippen LogP contribution in [0.15, 0.2) is 53.4 Å². The summed E-state index contributed by atoms with van der Waals surface area (Å²) in [6.07, 6.45) is 1.72. The van der Waals surface area contributed by atoms with Gasteiger partial charge in [0.2, 0.25) is 0 Å². The molecule has 1 aliphatic rings. The van der Waals surface area contributed by atoms with E-state index in [1.54, 1.807) is 18.2 Å². The average Bonchev–Trinajstić information content (AvgIpc) is 2.46. The van der Waals surface area contributed by atoms with Crippen molar-refractivity contribution in [2.24, 2.45) is 0 Å². The largest absolute Gasteiger partial charge is 0.264 e. The predicted molar refractivity (Wildman–Crippen MR) is 85.3 cm³/mol. The molecule has 2 aromatic rings. The Labute approximate surface area is 130 Å². The molecule has 0 N–H and O–H groups in total. The average molecular weight is 322 g/mol. The van der Waals surface area contributed by atoms with Gasteiger partial charge in [-0.25, -0.2) is 8.42 Å². The normalized spacial score (nSPS) is 18.4. The van der Waals surface area contributed by atoms with Gasteiger partial charge >= 0.3 is 0 Å². The lowest BCUT2D eigenvalue weighted by Gasteiger charge is -2.36. The van der Waals surface area contributed by atoms with E-state index in [1.807, 2.05) is 31.2 Å². The predicted octanol–water partition coefficient (Wildman–Crippen LogP) is 3.87. The first-order chi connectivity index (χ1) is 10.00. The summed E-state index contributed by atoms with van der Waals surface area (Å²) in [7, 11) is -3.60. The second kappa shape index (κ2) is 5.35. The first-order valence-corrected chi connectivity index (χ1v) is 8.70. The van der Waals surface area contributed by atoms with Crippen LogP contribution < -0.4 is 4.31 Å². The molecule has 1 aliphatic heterocycles. The Morgan fingerprint density at radius 2 is 1.90 bits per heavy atom. The highest BCUT2D eigenvalue weighted by Crippen LogP contribution is 2.35. The van der Waals surface area contributed by atoms with Crippen LogP contribution in [-0.4, -0.2) is 14.5 Å². The molecule has 21 heavy (non-hydrogen) atoms. The molecule has 0 amide bonds. The van der Waals surface area contributed by atoms with Crippen LogP contribution in [0.4, 0.5) is 5.69 Å². The highest BCUT2D eigenvalue weighted by Gasteiger charge is 2.33. The van der Waals surface area contributed by atoms with Crippen LogP contribution in [0, 0.1) is 0 Å². The standard InChI is InChI=1S/C16H16ClNO2S/c1-12-9-10-13-5-2-3-8-16(13)18(12)21(19,20)15-7-4-6-14(17)11-15/h2-8,11-12H,9-10H2,1H3/t12-/m0/s1. The number of fused-ring (bicyclic) bond motifs is 1. The third-order valence-corrected chi connectivity index (χ3v) is 5.97. The van der Waals surface area contributed by atoms with E-state index in [-0.39, 0.29) is 10.9 Å². The lowest BCUT2D eigenvalue weighted by molar-refractivity contribution is 0.563. The van der Waals surface area contributed by atoms with Crippen LogP contribution in [-0.2, 0) is 16.4 Å². The lowest BCUT2D eigenvalue weighted by Crippen LogP contribution is -2.42. The van der Waals surface area contributed by atoms with Crippen molar-refractivity contribution < 1.29 is 8.42 Å². The molecule has 0 aliphatic carbocycles. The van der Waals surface area contributed by atoms with Crippen molar-refractivity contribution in [3.63, 3.8) is 0 Å². The number of anilines is 1. The molecule has 0 spiro atoms. The third-order valence-electron chi connectivity index (χ3n) is 3.81. The van der Waals surface area contributed by atoms with Gasteiger partial charge in [0, 0.05) is 11.1 Å². The van der Waals surface area contributed by atoms with Gasteiger partial charge in [0.25, 0.3) is 10.0 Å². The first kappa shape index (κ1) is 14.4. The van der Waals surface area contributed by atoms with Gasteiger partial charge in [-0.05, 0) is 49.6 Å². The number of hydrogen-bond donors (Lipinski definition) is 0. The Kier molecular flexibility index (Phi) is 3.68. The summed E-state index contributed by atoms with van der Waals surface area (Å²) in [5.41, 5.74) is 1.84. The van der Waals surface area contributed by atoms with Gasteiger partial charge in [0.05, 0.1) is 10.6 Å². The van der Waals surface area contributed by atoms with Crippen molar-refractivity contribution >= 4 is 27.3 Å². The van der Waals surface area contributed by atoms with Crippen molar-refractivity contribution in [1.29, 1.82) is 0 Å². The van der Waals surface area contributed by atoms with Crippen molar-refractivity contribution in [1.82, 2.24) is 0 Å². The molecule has 110 valence electrons. The lowest BCUT2D eigenvalue weighted by atomic mass is 9.99. The first-order valence-electron chi connectivity index (χ1n) is 6.88. The zero-order valence-electron chi connectivity index (χ0n) is 11.7. The van der Waals surface area contributed by atoms with Crippen LogP contribution >= 0.6 is 11.6 Å². The number of halogens is 1. The highest BCUT2D eigenvalue weighted by atomic mass is 35.5. The highest BCUT2D eigenvalue weighted by molar-refractivity contribution is 7.92. The molecule has 5 heteroatoms.